The number of thiophene rings is 2. The van der Waals surface area contributed by atoms with Crippen molar-refractivity contribution < 1.29 is 5.11 Å². The summed E-state index contributed by atoms with van der Waals surface area (Å²) in [4.78, 5) is 2.65. The number of aliphatic hydroxyl groups excluding tert-OH is 1. The van der Waals surface area contributed by atoms with Gasteiger partial charge in [-0.2, -0.15) is 0 Å². The van der Waals surface area contributed by atoms with Gasteiger partial charge in [0.05, 0.1) is 0 Å². The zero-order chi connectivity index (χ0) is 12.3. The largest absolute Gasteiger partial charge is 0.396 e. The van der Waals surface area contributed by atoms with E-state index in [0.29, 0.717) is 6.42 Å². The van der Waals surface area contributed by atoms with Crippen molar-refractivity contribution in [1.82, 2.24) is 0 Å². The van der Waals surface area contributed by atoms with Gasteiger partial charge in [0, 0.05) is 21.9 Å². The van der Waals surface area contributed by atoms with Crippen molar-refractivity contribution in [3.8, 4) is 0 Å². The zero-order valence-corrected chi connectivity index (χ0v) is 11.7. The molecule has 17 heavy (non-hydrogen) atoms. The van der Waals surface area contributed by atoms with Gasteiger partial charge in [-0.25, -0.2) is 0 Å². The molecule has 0 radical (unpaired) electrons. The van der Waals surface area contributed by atoms with E-state index in [-0.39, 0.29) is 6.61 Å². The van der Waals surface area contributed by atoms with Crippen LogP contribution in [0.4, 0.5) is 0 Å². The topological polar surface area (TPSA) is 20.2 Å². The van der Waals surface area contributed by atoms with Crippen LogP contribution in [0.5, 0.6) is 0 Å². The number of aliphatic hydroxyl groups is 1. The lowest BCUT2D eigenvalue weighted by Gasteiger charge is -2.06. The molecule has 0 bridgehead atoms. The minimum absolute atomic E-state index is 0.207. The van der Waals surface area contributed by atoms with Gasteiger partial charge < -0.3 is 5.11 Å². The monoisotopic (exact) mass is 264 g/mol. The van der Waals surface area contributed by atoms with Gasteiger partial charge in [-0.3, -0.25) is 0 Å². The first-order valence-electron chi connectivity index (χ1n) is 5.64. The van der Waals surface area contributed by atoms with Gasteiger partial charge >= 0.3 is 0 Å². The van der Waals surface area contributed by atoms with Crippen LogP contribution < -0.4 is 0 Å². The second kappa shape index (κ2) is 5.63. The van der Waals surface area contributed by atoms with Gasteiger partial charge in [-0.05, 0) is 54.3 Å². The summed E-state index contributed by atoms with van der Waals surface area (Å²) >= 11 is 3.54. The van der Waals surface area contributed by atoms with E-state index in [2.05, 4.69) is 42.8 Å². The highest BCUT2D eigenvalue weighted by molar-refractivity contribution is 7.14. The molecular weight excluding hydrogens is 248 g/mol. The second-order valence-electron chi connectivity index (χ2n) is 4.00. The fourth-order valence-electron chi connectivity index (χ4n) is 1.79. The Morgan fingerprint density at radius 3 is 2.00 bits per heavy atom. The third-order valence-electron chi connectivity index (χ3n) is 2.69. The summed E-state index contributed by atoms with van der Waals surface area (Å²) in [5, 5.41) is 13.3. The SMILES string of the molecule is Cc1ccsc1C(=CCCO)c1sccc1C. The summed E-state index contributed by atoms with van der Waals surface area (Å²) in [6.45, 7) is 4.49. The van der Waals surface area contributed by atoms with Crippen molar-refractivity contribution in [2.45, 2.75) is 20.3 Å². The Morgan fingerprint density at radius 2 is 1.65 bits per heavy atom. The smallest absolute Gasteiger partial charge is 0.0465 e. The standard InChI is InChI=1S/C14H16OS2/c1-10-5-8-16-13(10)12(4-3-7-15)14-11(2)6-9-17-14/h4-6,8-9,15H,3,7H2,1-2H3. The third kappa shape index (κ3) is 2.68. The molecule has 0 fully saturated rings. The van der Waals surface area contributed by atoms with E-state index in [1.54, 1.807) is 22.7 Å². The molecule has 2 heterocycles. The molecule has 2 rings (SSSR count). The first kappa shape index (κ1) is 12.6. The van der Waals surface area contributed by atoms with E-state index in [0.717, 1.165) is 0 Å². The molecule has 0 saturated carbocycles. The molecule has 0 spiro atoms. The number of hydrogen-bond donors (Lipinski definition) is 1. The molecule has 1 nitrogen and oxygen atoms in total. The van der Waals surface area contributed by atoms with Gasteiger partial charge in [0.15, 0.2) is 0 Å². The van der Waals surface area contributed by atoms with Crippen LogP contribution in [0, 0.1) is 13.8 Å². The maximum atomic E-state index is 9.01. The molecule has 2 aromatic heterocycles. The summed E-state index contributed by atoms with van der Waals surface area (Å²) in [5.74, 6) is 0. The van der Waals surface area contributed by atoms with Gasteiger partial charge in [0.1, 0.15) is 0 Å². The second-order valence-corrected chi connectivity index (χ2v) is 5.83. The van der Waals surface area contributed by atoms with Crippen LogP contribution in [0.25, 0.3) is 5.57 Å². The van der Waals surface area contributed by atoms with Crippen molar-refractivity contribution >= 4 is 28.2 Å². The van der Waals surface area contributed by atoms with E-state index in [1.165, 1.54) is 26.5 Å². The van der Waals surface area contributed by atoms with Crippen LogP contribution in [0.15, 0.2) is 29.0 Å². The first-order valence-corrected chi connectivity index (χ1v) is 7.40. The number of hydrogen-bond acceptors (Lipinski definition) is 3. The summed E-state index contributed by atoms with van der Waals surface area (Å²) in [6.07, 6.45) is 2.86. The summed E-state index contributed by atoms with van der Waals surface area (Å²) < 4.78 is 0. The molecule has 3 heteroatoms. The molecule has 0 aliphatic rings. The maximum absolute atomic E-state index is 9.01. The molecule has 0 aliphatic carbocycles. The van der Waals surface area contributed by atoms with Gasteiger partial charge in [-0.1, -0.05) is 6.08 Å². The van der Waals surface area contributed by atoms with Gasteiger partial charge in [0.25, 0.3) is 0 Å². The van der Waals surface area contributed by atoms with E-state index in [4.69, 9.17) is 5.11 Å². The number of aryl methyl sites for hydroxylation is 2. The van der Waals surface area contributed by atoms with Crippen LogP contribution in [-0.2, 0) is 0 Å². The quantitative estimate of drug-likeness (QED) is 0.875. The van der Waals surface area contributed by atoms with Crippen LogP contribution in [0.1, 0.15) is 27.3 Å². The Hall–Kier alpha value is -0.900. The lowest BCUT2D eigenvalue weighted by atomic mass is 10.1. The average Bonchev–Trinajstić information content (AvgIpc) is 2.90. The molecule has 0 unspecified atom stereocenters. The molecule has 0 saturated heterocycles. The highest BCUT2D eigenvalue weighted by Crippen LogP contribution is 2.35. The Labute approximate surface area is 110 Å². The maximum Gasteiger partial charge on any atom is 0.0465 e. The molecular formula is C14H16OS2. The average molecular weight is 264 g/mol. The van der Waals surface area contributed by atoms with Crippen LogP contribution in [0.3, 0.4) is 0 Å². The van der Waals surface area contributed by atoms with Crippen LogP contribution in [-0.4, -0.2) is 11.7 Å². The molecule has 2 aromatic rings. The van der Waals surface area contributed by atoms with E-state index in [9.17, 15) is 0 Å². The lowest BCUT2D eigenvalue weighted by molar-refractivity contribution is 0.303. The minimum Gasteiger partial charge on any atom is -0.396 e. The normalized spacial score (nSPS) is 10.5. The predicted molar refractivity (Wildman–Crippen MR) is 76.9 cm³/mol. The van der Waals surface area contributed by atoms with Crippen molar-refractivity contribution in [3.05, 3.63) is 49.9 Å². The molecule has 1 N–H and O–H groups in total. The molecule has 0 aliphatic heterocycles. The van der Waals surface area contributed by atoms with Gasteiger partial charge in [-0.15, -0.1) is 22.7 Å². The summed E-state index contributed by atoms with van der Waals surface area (Å²) in [5.41, 5.74) is 3.90. The minimum atomic E-state index is 0.207. The molecule has 0 amide bonds. The van der Waals surface area contributed by atoms with E-state index >= 15 is 0 Å². The van der Waals surface area contributed by atoms with E-state index < -0.39 is 0 Å². The highest BCUT2D eigenvalue weighted by atomic mass is 32.1. The van der Waals surface area contributed by atoms with Crippen molar-refractivity contribution in [3.63, 3.8) is 0 Å². The predicted octanol–water partition coefficient (Wildman–Crippen LogP) is 4.24. The number of rotatable bonds is 4. The molecule has 90 valence electrons. The Kier molecular flexibility index (Phi) is 4.15. The van der Waals surface area contributed by atoms with Crippen molar-refractivity contribution in [2.75, 3.05) is 6.61 Å². The summed E-state index contributed by atoms with van der Waals surface area (Å²) in [6, 6.07) is 4.30. The Balaban J connectivity index is 2.47. The zero-order valence-electron chi connectivity index (χ0n) is 10.1. The fraction of sp³-hybridized carbons (Fsp3) is 0.286. The van der Waals surface area contributed by atoms with Gasteiger partial charge in [0.2, 0.25) is 0 Å². The van der Waals surface area contributed by atoms with Crippen molar-refractivity contribution in [2.24, 2.45) is 0 Å². The van der Waals surface area contributed by atoms with Crippen LogP contribution in [0.2, 0.25) is 0 Å². The Bertz CT molecular complexity index is 478. The summed E-state index contributed by atoms with van der Waals surface area (Å²) in [7, 11) is 0. The highest BCUT2D eigenvalue weighted by Gasteiger charge is 2.12. The van der Waals surface area contributed by atoms with Crippen LogP contribution >= 0.6 is 22.7 Å². The third-order valence-corrected chi connectivity index (χ3v) is 4.79. The molecule has 0 aromatic carbocycles. The van der Waals surface area contributed by atoms with E-state index in [1.807, 2.05) is 0 Å². The fourth-order valence-corrected chi connectivity index (χ4v) is 3.81. The van der Waals surface area contributed by atoms with Crippen molar-refractivity contribution in [1.29, 1.82) is 0 Å². The lowest BCUT2D eigenvalue weighted by Crippen LogP contribution is -1.88. The Morgan fingerprint density at radius 1 is 1.12 bits per heavy atom. The molecule has 0 atom stereocenters. The first-order chi connectivity index (χ1) is 8.24.